The van der Waals surface area contributed by atoms with Gasteiger partial charge in [-0.25, -0.2) is 4.39 Å². The summed E-state index contributed by atoms with van der Waals surface area (Å²) in [6, 6.07) is 0. The molecule has 30 heavy (non-hydrogen) atoms. The average molecular weight is 411 g/mol. The fourth-order valence-electron chi connectivity index (χ4n) is 6.37. The topological polar surface area (TPSA) is 0 Å². The van der Waals surface area contributed by atoms with Crippen molar-refractivity contribution < 1.29 is 4.39 Å². The molecule has 0 heterocycles. The Bertz CT molecular complexity index is 752. The smallest absolute Gasteiger partial charge is 0.0827 e. The summed E-state index contributed by atoms with van der Waals surface area (Å²) in [6.45, 7) is 14.1. The van der Waals surface area contributed by atoms with E-state index in [4.69, 9.17) is 0 Å². The van der Waals surface area contributed by atoms with Crippen molar-refractivity contribution in [2.24, 2.45) is 17.8 Å². The van der Waals surface area contributed by atoms with Gasteiger partial charge < -0.3 is 0 Å². The van der Waals surface area contributed by atoms with E-state index in [1.54, 1.807) is 11.6 Å². The van der Waals surface area contributed by atoms with Crippen molar-refractivity contribution in [2.75, 3.05) is 0 Å². The van der Waals surface area contributed by atoms with Crippen molar-refractivity contribution in [3.63, 3.8) is 0 Å². The Labute approximate surface area is 185 Å². The van der Waals surface area contributed by atoms with Crippen molar-refractivity contribution in [2.45, 2.75) is 105 Å². The molecule has 0 bridgehead atoms. The SMILES string of the molecule is CC(=CC1CCC(C)CC1)c1c(C)c(C)c(C2CCC(C/C=C/F)CC2)c(C)c1C. The Morgan fingerprint density at radius 1 is 0.833 bits per heavy atom. The third-order valence-corrected chi connectivity index (χ3v) is 8.44. The summed E-state index contributed by atoms with van der Waals surface area (Å²) < 4.78 is 12.4. The standard InChI is InChI=1S/C29H43F/c1-19-9-11-26(12-10-19)18-20(2)28-21(3)23(5)29(24(6)22(28)4)27-15-13-25(14-16-27)8-7-17-30/h7,17-19,25-27H,8-16H2,1-6H3/b17-7+,20-18?. The van der Waals surface area contributed by atoms with Gasteiger partial charge in [0.15, 0.2) is 0 Å². The molecule has 2 aliphatic rings. The predicted molar refractivity (Wildman–Crippen MR) is 130 cm³/mol. The summed E-state index contributed by atoms with van der Waals surface area (Å²) in [5.41, 5.74) is 10.6. The lowest BCUT2D eigenvalue weighted by Crippen LogP contribution is -2.16. The molecule has 1 heteroatoms. The second-order valence-corrected chi connectivity index (χ2v) is 10.5. The molecule has 0 spiro atoms. The van der Waals surface area contributed by atoms with E-state index < -0.39 is 0 Å². The molecule has 3 rings (SSSR count). The highest BCUT2D eigenvalue weighted by molar-refractivity contribution is 5.73. The quantitative estimate of drug-likeness (QED) is 0.453. The van der Waals surface area contributed by atoms with Crippen LogP contribution in [-0.2, 0) is 0 Å². The second-order valence-electron chi connectivity index (χ2n) is 10.5. The Hall–Kier alpha value is -1.37. The summed E-state index contributed by atoms with van der Waals surface area (Å²) in [7, 11) is 0. The maximum Gasteiger partial charge on any atom is 0.0827 e. The molecule has 0 atom stereocenters. The summed E-state index contributed by atoms with van der Waals surface area (Å²) in [6.07, 6.45) is 16.3. The number of rotatable bonds is 5. The summed E-state index contributed by atoms with van der Waals surface area (Å²) >= 11 is 0. The van der Waals surface area contributed by atoms with E-state index in [-0.39, 0.29) is 0 Å². The Morgan fingerprint density at radius 2 is 1.40 bits per heavy atom. The molecular weight excluding hydrogens is 367 g/mol. The molecule has 0 unspecified atom stereocenters. The molecule has 2 fully saturated rings. The van der Waals surface area contributed by atoms with Crippen LogP contribution in [-0.4, -0.2) is 0 Å². The zero-order valence-corrected chi connectivity index (χ0v) is 20.3. The third-order valence-electron chi connectivity index (χ3n) is 8.44. The van der Waals surface area contributed by atoms with Crippen LogP contribution in [0.15, 0.2) is 18.5 Å². The molecule has 0 radical (unpaired) electrons. The van der Waals surface area contributed by atoms with Crippen LogP contribution in [0.4, 0.5) is 4.39 Å². The Morgan fingerprint density at radius 3 is 1.93 bits per heavy atom. The highest BCUT2D eigenvalue weighted by atomic mass is 19.1. The van der Waals surface area contributed by atoms with E-state index in [0.29, 0.717) is 11.8 Å². The zero-order valence-electron chi connectivity index (χ0n) is 20.3. The molecule has 0 aliphatic heterocycles. The Kier molecular flexibility index (Phi) is 7.99. The van der Waals surface area contributed by atoms with Crippen molar-refractivity contribution in [3.05, 3.63) is 51.9 Å². The van der Waals surface area contributed by atoms with Crippen LogP contribution in [0.2, 0.25) is 0 Å². The predicted octanol–water partition coefficient (Wildman–Crippen LogP) is 9.30. The monoisotopic (exact) mass is 410 g/mol. The molecule has 0 aromatic heterocycles. The lowest BCUT2D eigenvalue weighted by atomic mass is 9.73. The van der Waals surface area contributed by atoms with Crippen molar-refractivity contribution >= 4 is 5.57 Å². The van der Waals surface area contributed by atoms with Crippen LogP contribution < -0.4 is 0 Å². The lowest BCUT2D eigenvalue weighted by Gasteiger charge is -2.32. The van der Waals surface area contributed by atoms with Gasteiger partial charge >= 0.3 is 0 Å². The molecule has 0 amide bonds. The van der Waals surface area contributed by atoms with Gasteiger partial charge in [0, 0.05) is 0 Å². The van der Waals surface area contributed by atoms with Crippen LogP contribution in [0.5, 0.6) is 0 Å². The van der Waals surface area contributed by atoms with Gasteiger partial charge in [-0.15, -0.1) is 0 Å². The highest BCUT2D eigenvalue weighted by Gasteiger charge is 2.27. The van der Waals surface area contributed by atoms with Gasteiger partial charge in [-0.3, -0.25) is 0 Å². The van der Waals surface area contributed by atoms with Gasteiger partial charge in [-0.2, -0.15) is 0 Å². The van der Waals surface area contributed by atoms with Crippen LogP contribution >= 0.6 is 0 Å². The first-order chi connectivity index (χ1) is 14.3. The van der Waals surface area contributed by atoms with Gasteiger partial charge in [0.2, 0.25) is 0 Å². The molecule has 0 nitrogen and oxygen atoms in total. The van der Waals surface area contributed by atoms with Gasteiger partial charge in [0.1, 0.15) is 0 Å². The summed E-state index contributed by atoms with van der Waals surface area (Å²) in [5, 5.41) is 0. The highest BCUT2D eigenvalue weighted by Crippen LogP contribution is 2.43. The largest absolute Gasteiger partial charge is 0.216 e. The van der Waals surface area contributed by atoms with Crippen LogP contribution in [0.3, 0.4) is 0 Å². The molecule has 1 aromatic carbocycles. The van der Waals surface area contributed by atoms with Crippen LogP contribution in [0.1, 0.15) is 111 Å². The molecule has 1 aromatic rings. The van der Waals surface area contributed by atoms with Gasteiger partial charge in [0.05, 0.1) is 6.33 Å². The number of halogens is 1. The maximum atomic E-state index is 12.4. The molecule has 166 valence electrons. The van der Waals surface area contributed by atoms with E-state index in [9.17, 15) is 4.39 Å². The molecule has 0 saturated heterocycles. The molecule has 2 aliphatic carbocycles. The normalized spacial score (nSPS) is 28.3. The van der Waals surface area contributed by atoms with E-state index in [1.165, 1.54) is 84.8 Å². The number of benzene rings is 1. The zero-order chi connectivity index (χ0) is 21.8. The van der Waals surface area contributed by atoms with Crippen LogP contribution in [0.25, 0.3) is 5.57 Å². The minimum Gasteiger partial charge on any atom is -0.216 e. The molecular formula is C29H43F. The minimum atomic E-state index is 0.665. The van der Waals surface area contributed by atoms with Gasteiger partial charge in [-0.05, 0) is 142 Å². The average Bonchev–Trinajstić information content (AvgIpc) is 2.73. The number of hydrogen-bond acceptors (Lipinski definition) is 0. The van der Waals surface area contributed by atoms with Crippen molar-refractivity contribution in [3.8, 4) is 0 Å². The van der Waals surface area contributed by atoms with E-state index in [0.717, 1.165) is 24.6 Å². The van der Waals surface area contributed by atoms with Crippen molar-refractivity contribution in [1.82, 2.24) is 0 Å². The van der Waals surface area contributed by atoms with E-state index in [2.05, 4.69) is 47.6 Å². The minimum absolute atomic E-state index is 0.665. The fourth-order valence-corrected chi connectivity index (χ4v) is 6.37. The fraction of sp³-hybridized carbons (Fsp3) is 0.655. The second kappa shape index (κ2) is 10.3. The first kappa shape index (κ1) is 23.3. The summed E-state index contributed by atoms with van der Waals surface area (Å²) in [4.78, 5) is 0. The first-order valence-electron chi connectivity index (χ1n) is 12.4. The van der Waals surface area contributed by atoms with Crippen molar-refractivity contribution in [1.29, 1.82) is 0 Å². The van der Waals surface area contributed by atoms with E-state index >= 15 is 0 Å². The van der Waals surface area contributed by atoms with E-state index in [1.807, 2.05) is 0 Å². The lowest BCUT2D eigenvalue weighted by molar-refractivity contribution is 0.326. The molecule has 0 N–H and O–H groups in total. The Balaban J connectivity index is 1.84. The number of hydrogen-bond donors (Lipinski definition) is 0. The van der Waals surface area contributed by atoms with Crippen LogP contribution in [0, 0.1) is 45.4 Å². The summed E-state index contributed by atoms with van der Waals surface area (Å²) in [5.74, 6) is 3.00. The number of allylic oxidation sites excluding steroid dienone is 3. The van der Waals surface area contributed by atoms with Gasteiger partial charge in [0.25, 0.3) is 0 Å². The maximum absolute atomic E-state index is 12.4. The van der Waals surface area contributed by atoms with Gasteiger partial charge in [-0.1, -0.05) is 31.9 Å². The third kappa shape index (κ3) is 5.09. The first-order valence-corrected chi connectivity index (χ1v) is 12.4. The molecule has 2 saturated carbocycles.